The van der Waals surface area contributed by atoms with Gasteiger partial charge in [0, 0.05) is 25.2 Å². The maximum atomic E-state index is 12.4. The Labute approximate surface area is 122 Å². The van der Waals surface area contributed by atoms with E-state index in [1.807, 2.05) is 4.90 Å². The molecule has 0 radical (unpaired) electrons. The van der Waals surface area contributed by atoms with Crippen LogP contribution in [0.25, 0.3) is 0 Å². The van der Waals surface area contributed by atoms with Gasteiger partial charge in [0.05, 0.1) is 6.04 Å². The molecular weight excluding hydrogens is 250 g/mol. The van der Waals surface area contributed by atoms with Crippen LogP contribution in [-0.2, 0) is 4.79 Å². The quantitative estimate of drug-likeness (QED) is 0.820. The summed E-state index contributed by atoms with van der Waals surface area (Å²) in [6.45, 7) is 5.15. The van der Waals surface area contributed by atoms with Gasteiger partial charge in [0.15, 0.2) is 0 Å². The lowest BCUT2D eigenvalue weighted by Gasteiger charge is -2.30. The molecule has 2 N–H and O–H groups in total. The summed E-state index contributed by atoms with van der Waals surface area (Å²) in [5.74, 6) is 1.04. The Morgan fingerprint density at radius 3 is 2.65 bits per heavy atom. The zero-order chi connectivity index (χ0) is 13.9. The summed E-state index contributed by atoms with van der Waals surface area (Å²) in [5, 5.41) is 7.30. The van der Waals surface area contributed by atoms with Gasteiger partial charge in [0.2, 0.25) is 5.91 Å². The van der Waals surface area contributed by atoms with E-state index in [-0.39, 0.29) is 6.04 Å². The Balaban J connectivity index is 1.54. The number of likely N-dealkylation sites (tertiary alicyclic amines) is 1. The van der Waals surface area contributed by atoms with E-state index in [0.717, 1.165) is 19.0 Å². The Bertz CT molecular complexity index is 335. The van der Waals surface area contributed by atoms with Gasteiger partial charge in [-0.15, -0.1) is 0 Å². The molecule has 1 amide bonds. The maximum Gasteiger partial charge on any atom is 0.239 e. The van der Waals surface area contributed by atoms with Crippen LogP contribution in [-0.4, -0.2) is 48.6 Å². The number of rotatable bonds is 4. The van der Waals surface area contributed by atoms with Gasteiger partial charge in [0.25, 0.3) is 0 Å². The van der Waals surface area contributed by atoms with Crippen molar-refractivity contribution in [2.24, 2.45) is 5.92 Å². The molecule has 4 nitrogen and oxygen atoms in total. The van der Waals surface area contributed by atoms with Gasteiger partial charge >= 0.3 is 0 Å². The molecule has 3 fully saturated rings. The van der Waals surface area contributed by atoms with Crippen molar-refractivity contribution in [1.82, 2.24) is 15.5 Å². The van der Waals surface area contributed by atoms with Crippen molar-refractivity contribution in [2.75, 3.05) is 19.6 Å². The first-order chi connectivity index (χ1) is 9.75. The fourth-order valence-corrected chi connectivity index (χ4v) is 4.36. The Kier molecular flexibility index (Phi) is 4.61. The van der Waals surface area contributed by atoms with Crippen LogP contribution in [0.3, 0.4) is 0 Å². The van der Waals surface area contributed by atoms with Crippen molar-refractivity contribution >= 4 is 5.91 Å². The van der Waals surface area contributed by atoms with Crippen molar-refractivity contribution in [2.45, 2.75) is 70.0 Å². The molecule has 1 aliphatic carbocycles. The molecule has 4 heteroatoms. The van der Waals surface area contributed by atoms with Crippen LogP contribution in [0.4, 0.5) is 0 Å². The molecular formula is C16H29N3O. The molecule has 0 bridgehead atoms. The van der Waals surface area contributed by atoms with Crippen LogP contribution in [0.5, 0.6) is 0 Å². The predicted molar refractivity (Wildman–Crippen MR) is 80.6 cm³/mol. The summed E-state index contributed by atoms with van der Waals surface area (Å²) in [7, 11) is 0. The van der Waals surface area contributed by atoms with Gasteiger partial charge in [-0.3, -0.25) is 4.79 Å². The highest BCUT2D eigenvalue weighted by atomic mass is 16.2. The van der Waals surface area contributed by atoms with E-state index < -0.39 is 0 Å². The molecule has 114 valence electrons. The monoisotopic (exact) mass is 279 g/mol. The molecule has 0 aromatic carbocycles. The van der Waals surface area contributed by atoms with Crippen LogP contribution >= 0.6 is 0 Å². The van der Waals surface area contributed by atoms with Gasteiger partial charge in [-0.1, -0.05) is 6.42 Å². The number of nitrogens with one attached hydrogen (secondary N) is 2. The molecule has 0 aromatic heterocycles. The third kappa shape index (κ3) is 3.01. The summed E-state index contributed by atoms with van der Waals surface area (Å²) in [4.78, 5) is 14.4. The number of carbonyl (C=O) groups is 1. The minimum Gasteiger partial charge on any atom is -0.341 e. The normalized spacial score (nSPS) is 35.6. The van der Waals surface area contributed by atoms with E-state index in [4.69, 9.17) is 0 Å². The molecule has 2 saturated heterocycles. The lowest BCUT2D eigenvalue weighted by molar-refractivity contribution is -0.132. The average molecular weight is 279 g/mol. The van der Waals surface area contributed by atoms with Crippen molar-refractivity contribution in [3.8, 4) is 0 Å². The highest BCUT2D eigenvalue weighted by molar-refractivity contribution is 5.81. The topological polar surface area (TPSA) is 44.4 Å². The lowest BCUT2D eigenvalue weighted by Crippen LogP contribution is -2.51. The third-order valence-electron chi connectivity index (χ3n) is 5.44. The van der Waals surface area contributed by atoms with Gasteiger partial charge in [-0.05, 0) is 57.9 Å². The standard InChI is InChI=1S/C16H29N3O/c1-12(16(20)19-10-2-3-11-19)18-15-7-4-6-13(15)14-8-5-9-17-14/h12-15,17-18H,2-11H2,1H3. The molecule has 20 heavy (non-hydrogen) atoms. The van der Waals surface area contributed by atoms with Crippen molar-refractivity contribution in [3.05, 3.63) is 0 Å². The molecule has 0 spiro atoms. The summed E-state index contributed by atoms with van der Waals surface area (Å²) < 4.78 is 0. The highest BCUT2D eigenvalue weighted by Crippen LogP contribution is 2.32. The number of nitrogens with zero attached hydrogens (tertiary/aromatic N) is 1. The van der Waals surface area contributed by atoms with E-state index in [1.165, 1.54) is 51.5 Å². The van der Waals surface area contributed by atoms with Crippen molar-refractivity contribution in [3.63, 3.8) is 0 Å². The molecule has 0 aromatic rings. The van der Waals surface area contributed by atoms with E-state index >= 15 is 0 Å². The first kappa shape index (κ1) is 14.3. The fourth-order valence-electron chi connectivity index (χ4n) is 4.36. The predicted octanol–water partition coefficient (Wildman–Crippen LogP) is 1.51. The zero-order valence-corrected chi connectivity index (χ0v) is 12.7. The van der Waals surface area contributed by atoms with Gasteiger partial charge in [-0.25, -0.2) is 0 Å². The minimum atomic E-state index is -0.0138. The van der Waals surface area contributed by atoms with Crippen LogP contribution in [0.15, 0.2) is 0 Å². The average Bonchev–Trinajstić information content (AvgIpc) is 3.19. The lowest BCUT2D eigenvalue weighted by atomic mass is 9.92. The summed E-state index contributed by atoms with van der Waals surface area (Å²) in [5.41, 5.74) is 0. The molecule has 3 rings (SSSR count). The van der Waals surface area contributed by atoms with E-state index in [2.05, 4.69) is 17.6 Å². The summed E-state index contributed by atoms with van der Waals surface area (Å²) in [6, 6.07) is 1.20. The second-order valence-electron chi connectivity index (χ2n) is 6.82. The second-order valence-corrected chi connectivity index (χ2v) is 6.82. The van der Waals surface area contributed by atoms with Crippen molar-refractivity contribution < 1.29 is 4.79 Å². The minimum absolute atomic E-state index is 0.0138. The number of amides is 1. The summed E-state index contributed by atoms with van der Waals surface area (Å²) in [6.07, 6.45) is 8.85. The second kappa shape index (κ2) is 6.44. The maximum absolute atomic E-state index is 12.4. The molecule has 2 aliphatic heterocycles. The van der Waals surface area contributed by atoms with Gasteiger partial charge in [-0.2, -0.15) is 0 Å². The molecule has 4 atom stereocenters. The van der Waals surface area contributed by atoms with Gasteiger partial charge in [0.1, 0.15) is 0 Å². The first-order valence-electron chi connectivity index (χ1n) is 8.54. The largest absolute Gasteiger partial charge is 0.341 e. The Morgan fingerprint density at radius 2 is 1.95 bits per heavy atom. The number of carbonyl (C=O) groups excluding carboxylic acids is 1. The molecule has 4 unspecified atom stereocenters. The van der Waals surface area contributed by atoms with Crippen LogP contribution < -0.4 is 10.6 Å². The van der Waals surface area contributed by atoms with Gasteiger partial charge < -0.3 is 15.5 Å². The SMILES string of the molecule is CC(NC1CCCC1C1CCCN1)C(=O)N1CCCC1. The first-order valence-corrected chi connectivity index (χ1v) is 8.54. The fraction of sp³-hybridized carbons (Fsp3) is 0.938. The Hall–Kier alpha value is -0.610. The summed E-state index contributed by atoms with van der Waals surface area (Å²) >= 11 is 0. The van der Waals surface area contributed by atoms with E-state index in [0.29, 0.717) is 18.0 Å². The van der Waals surface area contributed by atoms with Crippen molar-refractivity contribution in [1.29, 1.82) is 0 Å². The van der Waals surface area contributed by atoms with Crippen LogP contribution in [0, 0.1) is 5.92 Å². The molecule has 2 heterocycles. The smallest absolute Gasteiger partial charge is 0.239 e. The zero-order valence-electron chi connectivity index (χ0n) is 12.7. The van der Waals surface area contributed by atoms with E-state index in [1.54, 1.807) is 0 Å². The van der Waals surface area contributed by atoms with E-state index in [9.17, 15) is 4.79 Å². The molecule has 1 saturated carbocycles. The Morgan fingerprint density at radius 1 is 1.15 bits per heavy atom. The van der Waals surface area contributed by atoms with Crippen LogP contribution in [0.1, 0.15) is 51.9 Å². The highest BCUT2D eigenvalue weighted by Gasteiger charge is 2.36. The number of hydrogen-bond acceptors (Lipinski definition) is 3. The number of hydrogen-bond donors (Lipinski definition) is 2. The van der Waals surface area contributed by atoms with Crippen LogP contribution in [0.2, 0.25) is 0 Å². The third-order valence-corrected chi connectivity index (χ3v) is 5.44. The molecule has 3 aliphatic rings.